The summed E-state index contributed by atoms with van der Waals surface area (Å²) in [4.78, 5) is 24.4. The molecule has 222 valence electrons. The van der Waals surface area contributed by atoms with Crippen LogP contribution in [0.25, 0.3) is 0 Å². The Balaban J connectivity index is 1.24. The van der Waals surface area contributed by atoms with Crippen molar-refractivity contribution in [2.75, 3.05) is 64.5 Å². The molecule has 1 atom stereocenters. The lowest BCUT2D eigenvalue weighted by Gasteiger charge is -2.35. The first kappa shape index (κ1) is 30.2. The quantitative estimate of drug-likeness (QED) is 0.220. The number of ether oxygens (including phenoxy) is 2. The number of anilines is 1. The third kappa shape index (κ3) is 10.7. The molecule has 11 heteroatoms. The molecule has 2 fully saturated rings. The van der Waals surface area contributed by atoms with E-state index in [2.05, 4.69) is 26.2 Å². The Hall–Kier alpha value is -2.73. The normalized spacial score (nSPS) is 20.3. The molecule has 6 N–H and O–H groups in total. The lowest BCUT2D eigenvalue weighted by molar-refractivity contribution is -0.120. The maximum Gasteiger partial charge on any atom is 0.224 e. The average molecular weight is 557 g/mol. The Morgan fingerprint density at radius 2 is 1.70 bits per heavy atom. The number of hydrogen-bond acceptors (Lipinski definition) is 10. The SMILES string of the molecule is NCCOCCOCCNC(=O)Cc1ccc(NC2=NC(NCC3CCCCC3)=NC(N3CCCCC3)N2)cc1. The molecule has 0 aromatic heterocycles. The van der Waals surface area contributed by atoms with Crippen molar-refractivity contribution in [1.82, 2.24) is 20.9 Å². The highest BCUT2D eigenvalue weighted by atomic mass is 16.5. The van der Waals surface area contributed by atoms with Crippen LogP contribution in [0.3, 0.4) is 0 Å². The van der Waals surface area contributed by atoms with Crippen LogP contribution in [0.15, 0.2) is 34.3 Å². The minimum absolute atomic E-state index is 0.0312. The van der Waals surface area contributed by atoms with Crippen LogP contribution < -0.4 is 27.0 Å². The number of aliphatic imine (C=N–C) groups is 2. The topological polar surface area (TPSA) is 138 Å². The van der Waals surface area contributed by atoms with Crippen LogP contribution in [-0.2, 0) is 20.7 Å². The Kier molecular flexibility index (Phi) is 13.0. The van der Waals surface area contributed by atoms with Crippen LogP contribution in [0.2, 0.25) is 0 Å². The number of carbonyl (C=O) groups is 1. The number of benzene rings is 1. The fourth-order valence-corrected chi connectivity index (χ4v) is 5.31. The lowest BCUT2D eigenvalue weighted by Crippen LogP contribution is -2.54. The van der Waals surface area contributed by atoms with E-state index in [0.717, 1.165) is 30.9 Å². The van der Waals surface area contributed by atoms with E-state index in [0.29, 0.717) is 63.8 Å². The molecule has 1 aromatic carbocycles. The number of nitrogens with one attached hydrogen (secondary N) is 4. The van der Waals surface area contributed by atoms with Crippen molar-refractivity contribution in [3.63, 3.8) is 0 Å². The molecular weight excluding hydrogens is 508 g/mol. The Morgan fingerprint density at radius 3 is 2.45 bits per heavy atom. The van der Waals surface area contributed by atoms with Crippen LogP contribution in [-0.4, -0.2) is 88.2 Å². The van der Waals surface area contributed by atoms with Gasteiger partial charge in [0.25, 0.3) is 0 Å². The van der Waals surface area contributed by atoms with E-state index >= 15 is 0 Å². The predicted molar refractivity (Wildman–Crippen MR) is 159 cm³/mol. The molecule has 1 aromatic rings. The van der Waals surface area contributed by atoms with E-state index in [9.17, 15) is 4.79 Å². The number of guanidine groups is 2. The minimum Gasteiger partial charge on any atom is -0.378 e. The number of amides is 1. The Morgan fingerprint density at radius 1 is 0.975 bits per heavy atom. The van der Waals surface area contributed by atoms with Gasteiger partial charge < -0.3 is 36.5 Å². The van der Waals surface area contributed by atoms with Gasteiger partial charge in [-0.2, -0.15) is 4.99 Å². The molecule has 1 unspecified atom stereocenters. The third-order valence-electron chi connectivity index (χ3n) is 7.52. The fraction of sp³-hybridized carbons (Fsp3) is 0.690. The number of carbonyl (C=O) groups excluding carboxylic acids is 1. The monoisotopic (exact) mass is 556 g/mol. The van der Waals surface area contributed by atoms with Gasteiger partial charge in [0.2, 0.25) is 17.8 Å². The summed E-state index contributed by atoms with van der Waals surface area (Å²) in [6.45, 7) is 5.97. The molecule has 1 aliphatic carbocycles. The van der Waals surface area contributed by atoms with Crippen LogP contribution in [0.5, 0.6) is 0 Å². The highest BCUT2D eigenvalue weighted by Gasteiger charge is 2.25. The summed E-state index contributed by atoms with van der Waals surface area (Å²) in [5.41, 5.74) is 7.23. The van der Waals surface area contributed by atoms with Crippen molar-refractivity contribution in [1.29, 1.82) is 0 Å². The maximum atomic E-state index is 12.3. The number of rotatable bonds is 14. The smallest absolute Gasteiger partial charge is 0.224 e. The molecule has 0 spiro atoms. The Labute approximate surface area is 238 Å². The van der Waals surface area contributed by atoms with Crippen molar-refractivity contribution >= 4 is 23.5 Å². The molecular formula is C29H48N8O3. The van der Waals surface area contributed by atoms with Gasteiger partial charge in [0.1, 0.15) is 0 Å². The summed E-state index contributed by atoms with van der Waals surface area (Å²) in [5.74, 6) is 2.05. The van der Waals surface area contributed by atoms with Crippen LogP contribution in [0.1, 0.15) is 56.9 Å². The van der Waals surface area contributed by atoms with Gasteiger partial charge in [-0.15, -0.1) is 0 Å². The van der Waals surface area contributed by atoms with Crippen molar-refractivity contribution in [3.8, 4) is 0 Å². The van der Waals surface area contributed by atoms with Crippen molar-refractivity contribution < 1.29 is 14.3 Å². The minimum atomic E-state index is -0.125. The van der Waals surface area contributed by atoms with E-state index < -0.39 is 0 Å². The molecule has 1 amide bonds. The van der Waals surface area contributed by atoms with Gasteiger partial charge in [-0.3, -0.25) is 9.69 Å². The Bertz CT molecular complexity index is 943. The molecule has 0 bridgehead atoms. The van der Waals surface area contributed by atoms with Gasteiger partial charge in [0.05, 0.1) is 32.8 Å². The highest BCUT2D eigenvalue weighted by Crippen LogP contribution is 2.23. The van der Waals surface area contributed by atoms with Crippen LogP contribution >= 0.6 is 0 Å². The summed E-state index contributed by atoms with van der Waals surface area (Å²) in [7, 11) is 0. The summed E-state index contributed by atoms with van der Waals surface area (Å²) in [5, 5.41) is 13.3. The zero-order chi connectivity index (χ0) is 27.8. The van der Waals surface area contributed by atoms with E-state index in [-0.39, 0.29) is 12.2 Å². The van der Waals surface area contributed by atoms with E-state index in [4.69, 9.17) is 25.2 Å². The van der Waals surface area contributed by atoms with Crippen LogP contribution in [0.4, 0.5) is 5.69 Å². The molecule has 2 heterocycles. The second kappa shape index (κ2) is 17.2. The zero-order valence-electron chi connectivity index (χ0n) is 23.8. The van der Waals surface area contributed by atoms with Gasteiger partial charge in [-0.05, 0) is 49.3 Å². The largest absolute Gasteiger partial charge is 0.378 e. The first-order valence-electron chi connectivity index (χ1n) is 15.1. The number of nitrogens with two attached hydrogens (primary N) is 1. The van der Waals surface area contributed by atoms with Crippen molar-refractivity contribution in [2.24, 2.45) is 21.6 Å². The first-order valence-corrected chi connectivity index (χ1v) is 15.1. The maximum absolute atomic E-state index is 12.3. The summed E-state index contributed by atoms with van der Waals surface area (Å²) in [6.07, 6.45) is 10.4. The lowest BCUT2D eigenvalue weighted by atomic mass is 9.89. The molecule has 1 saturated heterocycles. The summed E-state index contributed by atoms with van der Waals surface area (Å²) >= 11 is 0. The summed E-state index contributed by atoms with van der Waals surface area (Å²) < 4.78 is 10.7. The second-order valence-electron chi connectivity index (χ2n) is 10.8. The molecule has 1 saturated carbocycles. The molecule has 2 aliphatic heterocycles. The average Bonchev–Trinajstić information content (AvgIpc) is 2.99. The second-order valence-corrected chi connectivity index (χ2v) is 10.8. The predicted octanol–water partition coefficient (Wildman–Crippen LogP) is 2.00. The number of piperidine rings is 1. The van der Waals surface area contributed by atoms with E-state index in [1.807, 2.05) is 24.3 Å². The van der Waals surface area contributed by atoms with Crippen LogP contribution in [0, 0.1) is 5.92 Å². The standard InChI is InChI=1S/C29H48N8O3/c30-13-17-39-19-20-40-18-14-31-26(38)21-23-9-11-25(12-10-23)33-28-34-27(32-22-24-7-3-1-4-8-24)35-29(36-28)37-15-5-2-6-16-37/h9-12,24,29H,1-8,13-22,30H2,(H,31,38)(H3,32,33,34,35,36). The van der Waals surface area contributed by atoms with Gasteiger partial charge >= 0.3 is 0 Å². The first-order chi connectivity index (χ1) is 19.7. The summed E-state index contributed by atoms with van der Waals surface area (Å²) in [6, 6.07) is 7.89. The third-order valence-corrected chi connectivity index (χ3v) is 7.52. The number of hydrogen-bond donors (Lipinski definition) is 5. The van der Waals surface area contributed by atoms with Gasteiger partial charge in [-0.1, -0.05) is 37.8 Å². The molecule has 0 radical (unpaired) electrons. The zero-order valence-corrected chi connectivity index (χ0v) is 23.8. The van der Waals surface area contributed by atoms with Gasteiger partial charge in [-0.25, -0.2) is 4.99 Å². The number of nitrogens with zero attached hydrogens (tertiary/aromatic N) is 3. The van der Waals surface area contributed by atoms with E-state index in [1.165, 1.54) is 51.4 Å². The molecule has 4 rings (SSSR count). The molecule has 3 aliphatic rings. The van der Waals surface area contributed by atoms with Gasteiger partial charge in [0, 0.05) is 38.4 Å². The van der Waals surface area contributed by atoms with Crippen molar-refractivity contribution in [3.05, 3.63) is 29.8 Å². The van der Waals surface area contributed by atoms with Crippen molar-refractivity contribution in [2.45, 2.75) is 64.1 Å². The van der Waals surface area contributed by atoms with Gasteiger partial charge in [0.15, 0.2) is 6.29 Å². The van der Waals surface area contributed by atoms with E-state index in [1.54, 1.807) is 0 Å². The molecule has 40 heavy (non-hydrogen) atoms. The fourth-order valence-electron chi connectivity index (χ4n) is 5.31. The number of likely N-dealkylation sites (tertiary alicyclic amines) is 1. The highest BCUT2D eigenvalue weighted by molar-refractivity contribution is 6.03. The molecule has 11 nitrogen and oxygen atoms in total.